The maximum absolute atomic E-state index is 11.6. The number of thiazole rings is 1. The first-order valence-corrected chi connectivity index (χ1v) is 8.97. The lowest BCUT2D eigenvalue weighted by Crippen LogP contribution is -2.46. The van der Waals surface area contributed by atoms with Crippen molar-refractivity contribution in [2.75, 3.05) is 12.0 Å². The van der Waals surface area contributed by atoms with Gasteiger partial charge in [0.15, 0.2) is 0 Å². The Morgan fingerprint density at radius 2 is 2.14 bits per heavy atom. The van der Waals surface area contributed by atoms with Gasteiger partial charge in [0.2, 0.25) is 0 Å². The minimum Gasteiger partial charge on any atom is -0.480 e. The molecule has 1 rings (SSSR count). The Hall–Kier alpha value is -1.68. The summed E-state index contributed by atoms with van der Waals surface area (Å²) in [5.74, 6) is -1.58. The molecular weight excluding hydrogens is 318 g/mol. The Morgan fingerprint density at radius 3 is 2.62 bits per heavy atom. The molecule has 0 aliphatic rings. The third-order valence-electron chi connectivity index (χ3n) is 2.64. The molecule has 1 heterocycles. The molecule has 118 valence electrons. The normalized spacial score (nSPS) is 12.7. The van der Waals surface area contributed by atoms with Gasteiger partial charge in [0.1, 0.15) is 15.9 Å². The number of urea groups is 1. The van der Waals surface area contributed by atoms with Crippen LogP contribution in [0.3, 0.4) is 0 Å². The highest BCUT2D eigenvalue weighted by Gasteiger charge is 2.21. The highest BCUT2D eigenvalue weighted by atomic mass is 32.2. The van der Waals surface area contributed by atoms with E-state index in [0.29, 0.717) is 0 Å². The number of aryl methyl sites for hydroxylation is 1. The van der Waals surface area contributed by atoms with E-state index >= 15 is 0 Å². The molecule has 0 spiro atoms. The van der Waals surface area contributed by atoms with Gasteiger partial charge in [0, 0.05) is 11.1 Å². The van der Waals surface area contributed by atoms with Crippen LogP contribution in [0.4, 0.5) is 4.79 Å². The van der Waals surface area contributed by atoms with Crippen molar-refractivity contribution in [3.63, 3.8) is 0 Å². The SMILES string of the molecule is Cc1ncsc1CNC(=O)NC(CCS(C)(=O)=O)C(=O)O. The van der Waals surface area contributed by atoms with Crippen LogP contribution < -0.4 is 10.6 Å². The van der Waals surface area contributed by atoms with Crippen molar-refractivity contribution in [1.82, 2.24) is 15.6 Å². The summed E-state index contributed by atoms with van der Waals surface area (Å²) < 4.78 is 22.1. The van der Waals surface area contributed by atoms with Crippen LogP contribution in [-0.2, 0) is 21.2 Å². The van der Waals surface area contributed by atoms with E-state index in [1.54, 1.807) is 12.4 Å². The quantitative estimate of drug-likeness (QED) is 0.651. The number of carbonyl (C=O) groups excluding carboxylic acids is 1. The number of hydrogen-bond donors (Lipinski definition) is 3. The standard InChI is InChI=1S/C11H17N3O5S2/c1-7-9(20-6-13-7)5-12-11(17)14-8(10(15)16)3-4-21(2,18)19/h6,8H,3-5H2,1-2H3,(H,15,16)(H2,12,14,17). The predicted molar refractivity (Wildman–Crippen MR) is 78.0 cm³/mol. The fourth-order valence-corrected chi connectivity index (χ4v) is 2.84. The topological polar surface area (TPSA) is 125 Å². The van der Waals surface area contributed by atoms with E-state index in [-0.39, 0.29) is 18.7 Å². The molecule has 0 aromatic carbocycles. The van der Waals surface area contributed by atoms with Gasteiger partial charge in [-0.3, -0.25) is 0 Å². The number of aromatic nitrogens is 1. The zero-order valence-electron chi connectivity index (χ0n) is 11.6. The molecule has 21 heavy (non-hydrogen) atoms. The van der Waals surface area contributed by atoms with Crippen LogP contribution >= 0.6 is 11.3 Å². The summed E-state index contributed by atoms with van der Waals surface area (Å²) in [6, 6.07) is -1.91. The number of nitrogens with one attached hydrogen (secondary N) is 2. The van der Waals surface area contributed by atoms with Gasteiger partial charge in [-0.2, -0.15) is 0 Å². The first kappa shape index (κ1) is 17.4. The number of carboxylic acids is 1. The van der Waals surface area contributed by atoms with Gasteiger partial charge in [0.05, 0.1) is 23.5 Å². The van der Waals surface area contributed by atoms with Crippen molar-refractivity contribution >= 4 is 33.2 Å². The van der Waals surface area contributed by atoms with Crippen LogP contribution in [-0.4, -0.2) is 48.6 Å². The second kappa shape index (κ2) is 7.36. The number of hydrogen-bond acceptors (Lipinski definition) is 6. The third kappa shape index (κ3) is 6.54. The molecule has 0 fully saturated rings. The molecule has 2 amide bonds. The predicted octanol–water partition coefficient (Wildman–Crippen LogP) is 0.139. The number of carbonyl (C=O) groups is 2. The molecule has 0 saturated heterocycles. The molecule has 0 aliphatic heterocycles. The largest absolute Gasteiger partial charge is 0.480 e. The Morgan fingerprint density at radius 1 is 1.48 bits per heavy atom. The molecular formula is C11H17N3O5S2. The average molecular weight is 335 g/mol. The summed E-state index contributed by atoms with van der Waals surface area (Å²) >= 11 is 1.38. The van der Waals surface area contributed by atoms with Crippen molar-refractivity contribution in [1.29, 1.82) is 0 Å². The number of carboxylic acid groups (broad SMARTS) is 1. The molecule has 0 radical (unpaired) electrons. The van der Waals surface area contributed by atoms with Crippen molar-refractivity contribution in [2.24, 2.45) is 0 Å². The zero-order valence-corrected chi connectivity index (χ0v) is 13.3. The Labute approximate surface area is 126 Å². The number of sulfone groups is 1. The Balaban J connectivity index is 2.49. The van der Waals surface area contributed by atoms with Crippen molar-refractivity contribution in [3.8, 4) is 0 Å². The Kier molecular flexibility index (Phi) is 6.09. The van der Waals surface area contributed by atoms with Gasteiger partial charge in [-0.25, -0.2) is 23.0 Å². The Bertz CT molecular complexity index is 611. The van der Waals surface area contributed by atoms with Crippen LogP contribution in [0.15, 0.2) is 5.51 Å². The summed E-state index contributed by atoms with van der Waals surface area (Å²) in [6.07, 6.45) is 0.833. The first-order chi connectivity index (χ1) is 9.69. The fourth-order valence-electron chi connectivity index (χ4n) is 1.46. The lowest BCUT2D eigenvalue weighted by molar-refractivity contribution is -0.139. The summed E-state index contributed by atoms with van der Waals surface area (Å²) in [7, 11) is -3.28. The summed E-state index contributed by atoms with van der Waals surface area (Å²) in [5.41, 5.74) is 2.45. The molecule has 3 N–H and O–H groups in total. The lowest BCUT2D eigenvalue weighted by Gasteiger charge is -2.14. The number of nitrogens with zero attached hydrogens (tertiary/aromatic N) is 1. The molecule has 0 aliphatic carbocycles. The molecule has 8 nitrogen and oxygen atoms in total. The van der Waals surface area contributed by atoms with Crippen LogP contribution in [0, 0.1) is 6.92 Å². The second-order valence-electron chi connectivity index (χ2n) is 4.50. The van der Waals surface area contributed by atoms with E-state index in [0.717, 1.165) is 16.8 Å². The van der Waals surface area contributed by atoms with E-state index in [1.807, 2.05) is 0 Å². The summed E-state index contributed by atoms with van der Waals surface area (Å²) in [4.78, 5) is 27.5. The minimum absolute atomic E-state index is 0.179. The maximum atomic E-state index is 11.6. The molecule has 1 aromatic heterocycles. The second-order valence-corrected chi connectivity index (χ2v) is 7.70. The molecule has 0 saturated carbocycles. The van der Waals surface area contributed by atoms with Crippen LogP contribution in [0.25, 0.3) is 0 Å². The first-order valence-electron chi connectivity index (χ1n) is 6.03. The van der Waals surface area contributed by atoms with Gasteiger partial charge >= 0.3 is 12.0 Å². The van der Waals surface area contributed by atoms with E-state index < -0.39 is 27.9 Å². The maximum Gasteiger partial charge on any atom is 0.326 e. The highest BCUT2D eigenvalue weighted by molar-refractivity contribution is 7.90. The van der Waals surface area contributed by atoms with Crippen molar-refractivity contribution in [2.45, 2.75) is 25.9 Å². The van der Waals surface area contributed by atoms with Gasteiger partial charge in [-0.15, -0.1) is 11.3 Å². The van der Waals surface area contributed by atoms with Crippen LogP contribution in [0.5, 0.6) is 0 Å². The highest BCUT2D eigenvalue weighted by Crippen LogP contribution is 2.11. The molecule has 0 bridgehead atoms. The number of amides is 2. The monoisotopic (exact) mass is 335 g/mol. The van der Waals surface area contributed by atoms with Crippen LogP contribution in [0.2, 0.25) is 0 Å². The van der Waals surface area contributed by atoms with Gasteiger partial charge in [-0.05, 0) is 13.3 Å². The molecule has 1 atom stereocenters. The van der Waals surface area contributed by atoms with Gasteiger partial charge in [0.25, 0.3) is 0 Å². The summed E-state index contributed by atoms with van der Waals surface area (Å²) in [6.45, 7) is 2.04. The van der Waals surface area contributed by atoms with Crippen molar-refractivity contribution < 1.29 is 23.1 Å². The average Bonchev–Trinajstić information content (AvgIpc) is 2.76. The zero-order chi connectivity index (χ0) is 16.0. The van der Waals surface area contributed by atoms with E-state index in [4.69, 9.17) is 5.11 Å². The lowest BCUT2D eigenvalue weighted by atomic mass is 10.2. The van der Waals surface area contributed by atoms with Crippen LogP contribution in [0.1, 0.15) is 17.0 Å². The molecule has 1 unspecified atom stereocenters. The molecule has 1 aromatic rings. The number of rotatable bonds is 7. The summed E-state index contributed by atoms with van der Waals surface area (Å²) in [5, 5.41) is 13.7. The number of aliphatic carboxylic acids is 1. The van der Waals surface area contributed by atoms with E-state index in [9.17, 15) is 18.0 Å². The van der Waals surface area contributed by atoms with Crippen molar-refractivity contribution in [3.05, 3.63) is 16.1 Å². The third-order valence-corrected chi connectivity index (χ3v) is 4.55. The van der Waals surface area contributed by atoms with E-state index in [1.165, 1.54) is 11.3 Å². The fraction of sp³-hybridized carbons (Fsp3) is 0.545. The smallest absolute Gasteiger partial charge is 0.326 e. The van der Waals surface area contributed by atoms with Gasteiger partial charge in [-0.1, -0.05) is 0 Å². The van der Waals surface area contributed by atoms with E-state index in [2.05, 4.69) is 15.6 Å². The van der Waals surface area contributed by atoms with Gasteiger partial charge < -0.3 is 15.7 Å². The molecule has 10 heteroatoms. The minimum atomic E-state index is -3.28.